The fourth-order valence-corrected chi connectivity index (χ4v) is 4.40. The topological polar surface area (TPSA) is 59.8 Å². The van der Waals surface area contributed by atoms with Gasteiger partial charge in [0.1, 0.15) is 5.82 Å². The third-order valence-corrected chi connectivity index (χ3v) is 5.91. The van der Waals surface area contributed by atoms with E-state index in [-0.39, 0.29) is 5.91 Å². The van der Waals surface area contributed by atoms with Crippen LogP contribution in [-0.4, -0.2) is 33.5 Å². The first-order valence-corrected chi connectivity index (χ1v) is 10.9. The van der Waals surface area contributed by atoms with Crippen molar-refractivity contribution < 1.29 is 4.79 Å². The van der Waals surface area contributed by atoms with E-state index < -0.39 is 0 Å². The minimum atomic E-state index is -0.0459. The van der Waals surface area contributed by atoms with Crippen LogP contribution in [0.15, 0.2) is 28.7 Å². The molecule has 0 aliphatic heterocycles. The fraction of sp³-hybridized carbons (Fsp3) is 0.500. The molecule has 1 aliphatic rings. The number of rotatable bonds is 8. The molecule has 0 spiro atoms. The molecule has 0 atom stereocenters. The molecule has 0 aromatic carbocycles. The molecule has 0 unspecified atom stereocenters. The number of nitrogens with one attached hydrogen (secondary N) is 1. The molecule has 1 amide bonds. The maximum atomic E-state index is 11.8. The van der Waals surface area contributed by atoms with E-state index in [0.717, 1.165) is 28.7 Å². The fourth-order valence-electron chi connectivity index (χ4n) is 3.21. The van der Waals surface area contributed by atoms with Crippen molar-refractivity contribution in [1.82, 2.24) is 20.1 Å². The van der Waals surface area contributed by atoms with Crippen LogP contribution in [0.5, 0.6) is 0 Å². The van der Waals surface area contributed by atoms with Gasteiger partial charge in [0.2, 0.25) is 5.91 Å². The molecule has 3 rings (SSSR count). The highest BCUT2D eigenvalue weighted by molar-refractivity contribution is 7.98. The minimum Gasteiger partial charge on any atom is -0.353 e. The Hall–Kier alpha value is -1.60. The van der Waals surface area contributed by atoms with Gasteiger partial charge in [-0.3, -0.25) is 4.79 Å². The third kappa shape index (κ3) is 4.95. The molecule has 0 bridgehead atoms. The number of thiophene rings is 1. The molecular formula is C18H24N4OS2. The lowest BCUT2D eigenvalue weighted by Crippen LogP contribution is -2.23. The summed E-state index contributed by atoms with van der Waals surface area (Å²) in [5.41, 5.74) is 0. The summed E-state index contributed by atoms with van der Waals surface area (Å²) in [5, 5.41) is 14.7. The van der Waals surface area contributed by atoms with Gasteiger partial charge < -0.3 is 9.88 Å². The average molecular weight is 377 g/mol. The van der Waals surface area contributed by atoms with Crippen LogP contribution in [0.4, 0.5) is 0 Å². The first-order chi connectivity index (χ1) is 12.3. The standard InChI is InChI=1S/C18H24N4OS2/c1-24-18-21-20-16(22(18)14-6-2-3-7-14)9-4-12-19-17(23)11-10-15-8-5-13-25-15/h5,8,10-11,13-14H,2-4,6-7,9,12H2,1H3,(H,19,23)/b11-10+. The number of aromatic nitrogens is 3. The second kappa shape index (κ2) is 9.20. The Labute approximate surface area is 156 Å². The van der Waals surface area contributed by atoms with Gasteiger partial charge >= 0.3 is 0 Å². The first kappa shape index (κ1) is 18.2. The van der Waals surface area contributed by atoms with Gasteiger partial charge in [0, 0.05) is 30.0 Å². The summed E-state index contributed by atoms with van der Waals surface area (Å²) in [4.78, 5) is 12.9. The maximum absolute atomic E-state index is 11.8. The van der Waals surface area contributed by atoms with Crippen molar-refractivity contribution in [2.75, 3.05) is 12.8 Å². The molecule has 25 heavy (non-hydrogen) atoms. The van der Waals surface area contributed by atoms with E-state index in [1.54, 1.807) is 29.2 Å². The van der Waals surface area contributed by atoms with Gasteiger partial charge in [0.25, 0.3) is 0 Å². The van der Waals surface area contributed by atoms with Crippen LogP contribution in [0.2, 0.25) is 0 Å². The Morgan fingerprint density at radius 3 is 3.00 bits per heavy atom. The summed E-state index contributed by atoms with van der Waals surface area (Å²) in [6.07, 6.45) is 12.3. The second-order valence-corrected chi connectivity index (χ2v) is 7.91. The number of hydrogen-bond donors (Lipinski definition) is 1. The van der Waals surface area contributed by atoms with E-state index in [1.807, 2.05) is 23.6 Å². The molecule has 2 heterocycles. The number of aryl methyl sites for hydroxylation is 1. The van der Waals surface area contributed by atoms with Gasteiger partial charge in [-0.05, 0) is 43.0 Å². The van der Waals surface area contributed by atoms with Crippen LogP contribution in [0, 0.1) is 0 Å². The zero-order valence-electron chi connectivity index (χ0n) is 14.5. The van der Waals surface area contributed by atoms with Crippen molar-refractivity contribution in [3.05, 3.63) is 34.3 Å². The Kier molecular flexibility index (Phi) is 6.69. The van der Waals surface area contributed by atoms with Crippen molar-refractivity contribution in [3.63, 3.8) is 0 Å². The molecule has 5 nitrogen and oxygen atoms in total. The van der Waals surface area contributed by atoms with Crippen LogP contribution in [0.1, 0.15) is 48.8 Å². The highest BCUT2D eigenvalue weighted by atomic mass is 32.2. The van der Waals surface area contributed by atoms with Crippen LogP contribution in [-0.2, 0) is 11.2 Å². The SMILES string of the molecule is CSc1nnc(CCCNC(=O)/C=C/c2cccs2)n1C1CCCC1. The van der Waals surface area contributed by atoms with Crippen LogP contribution < -0.4 is 5.32 Å². The minimum absolute atomic E-state index is 0.0459. The van der Waals surface area contributed by atoms with E-state index in [2.05, 4.69) is 26.3 Å². The van der Waals surface area contributed by atoms with Crippen LogP contribution >= 0.6 is 23.1 Å². The lowest BCUT2D eigenvalue weighted by Gasteiger charge is -2.16. The number of hydrogen-bond acceptors (Lipinski definition) is 5. The summed E-state index contributed by atoms with van der Waals surface area (Å²) in [5.74, 6) is 1.01. The van der Waals surface area contributed by atoms with Crippen molar-refractivity contribution in [2.24, 2.45) is 0 Å². The molecule has 2 aromatic rings. The predicted molar refractivity (Wildman–Crippen MR) is 104 cm³/mol. The number of amides is 1. The Morgan fingerprint density at radius 1 is 1.44 bits per heavy atom. The molecule has 0 saturated heterocycles. The maximum Gasteiger partial charge on any atom is 0.244 e. The van der Waals surface area contributed by atoms with Gasteiger partial charge in [-0.2, -0.15) is 0 Å². The molecule has 1 N–H and O–H groups in total. The number of nitrogens with zero attached hydrogens (tertiary/aromatic N) is 3. The first-order valence-electron chi connectivity index (χ1n) is 8.75. The Balaban J connectivity index is 1.47. The predicted octanol–water partition coefficient (Wildman–Crippen LogP) is 3.94. The largest absolute Gasteiger partial charge is 0.353 e. The summed E-state index contributed by atoms with van der Waals surface area (Å²) >= 11 is 3.29. The summed E-state index contributed by atoms with van der Waals surface area (Å²) < 4.78 is 2.33. The van der Waals surface area contributed by atoms with Crippen molar-refractivity contribution in [3.8, 4) is 0 Å². The van der Waals surface area contributed by atoms with Crippen molar-refractivity contribution in [2.45, 2.75) is 49.7 Å². The van der Waals surface area contributed by atoms with Gasteiger partial charge in [0.05, 0.1) is 0 Å². The highest BCUT2D eigenvalue weighted by Crippen LogP contribution is 2.33. The van der Waals surface area contributed by atoms with Crippen LogP contribution in [0.3, 0.4) is 0 Å². The summed E-state index contributed by atoms with van der Waals surface area (Å²) in [7, 11) is 0. The van der Waals surface area contributed by atoms with Gasteiger partial charge in [-0.25, -0.2) is 0 Å². The molecule has 7 heteroatoms. The van der Waals surface area contributed by atoms with Crippen LogP contribution in [0.25, 0.3) is 6.08 Å². The van der Waals surface area contributed by atoms with Gasteiger partial charge in [-0.1, -0.05) is 30.7 Å². The molecule has 134 valence electrons. The molecule has 2 aromatic heterocycles. The normalized spacial score (nSPS) is 15.2. The molecular weight excluding hydrogens is 352 g/mol. The number of carbonyl (C=O) groups excluding carboxylic acids is 1. The lowest BCUT2D eigenvalue weighted by molar-refractivity contribution is -0.116. The van der Waals surface area contributed by atoms with E-state index in [9.17, 15) is 4.79 Å². The zero-order chi connectivity index (χ0) is 17.5. The average Bonchev–Trinajstić information content (AvgIpc) is 3.38. The Bertz CT molecular complexity index is 703. The summed E-state index contributed by atoms with van der Waals surface area (Å²) in [6, 6.07) is 4.52. The highest BCUT2D eigenvalue weighted by Gasteiger charge is 2.23. The second-order valence-electron chi connectivity index (χ2n) is 6.15. The number of thioether (sulfide) groups is 1. The quantitative estimate of drug-likeness (QED) is 0.431. The lowest BCUT2D eigenvalue weighted by atomic mass is 10.2. The third-order valence-electron chi connectivity index (χ3n) is 4.43. The molecule has 1 fully saturated rings. The number of carbonyl (C=O) groups is 1. The molecule has 1 saturated carbocycles. The van der Waals surface area contributed by atoms with Gasteiger partial charge in [0.15, 0.2) is 5.16 Å². The summed E-state index contributed by atoms with van der Waals surface area (Å²) in [6.45, 7) is 0.653. The Morgan fingerprint density at radius 2 is 2.28 bits per heavy atom. The van der Waals surface area contributed by atoms with E-state index in [4.69, 9.17) is 0 Å². The smallest absolute Gasteiger partial charge is 0.244 e. The van der Waals surface area contributed by atoms with E-state index in [0.29, 0.717) is 12.6 Å². The van der Waals surface area contributed by atoms with E-state index >= 15 is 0 Å². The van der Waals surface area contributed by atoms with Crippen molar-refractivity contribution in [1.29, 1.82) is 0 Å². The zero-order valence-corrected chi connectivity index (χ0v) is 16.1. The van der Waals surface area contributed by atoms with Crippen molar-refractivity contribution >= 4 is 35.1 Å². The van der Waals surface area contributed by atoms with E-state index in [1.165, 1.54) is 25.7 Å². The molecule has 0 radical (unpaired) electrons. The molecule has 1 aliphatic carbocycles. The van der Waals surface area contributed by atoms with Gasteiger partial charge in [-0.15, -0.1) is 21.5 Å². The monoisotopic (exact) mass is 376 g/mol.